The molecule has 1 amide bonds. The average Bonchev–Trinajstić information content (AvgIpc) is 2.74. The highest BCUT2D eigenvalue weighted by atomic mass is 35.7. The van der Waals surface area contributed by atoms with Crippen molar-refractivity contribution in [1.82, 2.24) is 4.90 Å². The van der Waals surface area contributed by atoms with E-state index in [-0.39, 0.29) is 18.9 Å². The molecule has 1 aromatic rings. The van der Waals surface area contributed by atoms with Crippen molar-refractivity contribution < 1.29 is 17.9 Å². The number of benzene rings is 1. The Hall–Kier alpha value is -1.27. The van der Waals surface area contributed by atoms with Gasteiger partial charge in [0.2, 0.25) is 15.0 Å². The molecule has 0 saturated carbocycles. The SMILES string of the molecule is CCOc1ccc(CN2CC(S(=O)(=O)Cl)CC2=O)cc1. The van der Waals surface area contributed by atoms with Crippen molar-refractivity contribution in [3.05, 3.63) is 29.8 Å². The molecule has 1 aromatic carbocycles. The van der Waals surface area contributed by atoms with E-state index in [4.69, 9.17) is 15.4 Å². The summed E-state index contributed by atoms with van der Waals surface area (Å²) in [7, 11) is 1.62. The van der Waals surface area contributed by atoms with Crippen LogP contribution in [0.5, 0.6) is 5.75 Å². The smallest absolute Gasteiger partial charge is 0.237 e. The van der Waals surface area contributed by atoms with Crippen LogP contribution in [0.15, 0.2) is 24.3 Å². The molecule has 0 aliphatic carbocycles. The van der Waals surface area contributed by atoms with Crippen LogP contribution < -0.4 is 4.74 Å². The van der Waals surface area contributed by atoms with Gasteiger partial charge in [-0.3, -0.25) is 4.79 Å². The van der Waals surface area contributed by atoms with Crippen LogP contribution in [0.1, 0.15) is 18.9 Å². The van der Waals surface area contributed by atoms with E-state index in [1.54, 1.807) is 0 Å². The number of carbonyl (C=O) groups excluding carboxylic acids is 1. The van der Waals surface area contributed by atoms with Gasteiger partial charge in [0.05, 0.1) is 6.61 Å². The zero-order valence-corrected chi connectivity index (χ0v) is 12.7. The number of amides is 1. The Bertz CT molecular complexity index is 585. The zero-order valence-electron chi connectivity index (χ0n) is 11.1. The normalized spacial score (nSPS) is 19.4. The van der Waals surface area contributed by atoms with Gasteiger partial charge in [0.1, 0.15) is 11.0 Å². The monoisotopic (exact) mass is 317 g/mol. The van der Waals surface area contributed by atoms with Crippen LogP contribution in [0.25, 0.3) is 0 Å². The molecule has 1 atom stereocenters. The highest BCUT2D eigenvalue weighted by Crippen LogP contribution is 2.23. The molecule has 1 aliphatic rings. The molecule has 1 fully saturated rings. The lowest BCUT2D eigenvalue weighted by Crippen LogP contribution is -2.26. The van der Waals surface area contributed by atoms with Gasteiger partial charge in [0, 0.05) is 30.2 Å². The Balaban J connectivity index is 2.01. The number of carbonyl (C=O) groups is 1. The lowest BCUT2D eigenvalue weighted by molar-refractivity contribution is -0.128. The molecule has 2 rings (SSSR count). The molecule has 110 valence electrons. The molecule has 1 aliphatic heterocycles. The Morgan fingerprint density at radius 3 is 2.50 bits per heavy atom. The van der Waals surface area contributed by atoms with Crippen LogP contribution in [0, 0.1) is 0 Å². The second kappa shape index (κ2) is 6.01. The van der Waals surface area contributed by atoms with Crippen LogP contribution in [0.4, 0.5) is 0 Å². The molecule has 0 radical (unpaired) electrons. The van der Waals surface area contributed by atoms with E-state index in [1.165, 1.54) is 4.90 Å². The summed E-state index contributed by atoms with van der Waals surface area (Å²) in [6, 6.07) is 7.38. The van der Waals surface area contributed by atoms with Crippen molar-refractivity contribution in [3.63, 3.8) is 0 Å². The highest BCUT2D eigenvalue weighted by Gasteiger charge is 2.37. The fraction of sp³-hybridized carbons (Fsp3) is 0.462. The number of likely N-dealkylation sites (tertiary alicyclic amines) is 1. The molecule has 0 N–H and O–H groups in total. The number of hydrogen-bond acceptors (Lipinski definition) is 4. The zero-order chi connectivity index (χ0) is 14.8. The molecule has 20 heavy (non-hydrogen) atoms. The van der Waals surface area contributed by atoms with E-state index < -0.39 is 14.3 Å². The average molecular weight is 318 g/mol. The molecule has 0 bridgehead atoms. The number of ether oxygens (including phenoxy) is 1. The summed E-state index contributed by atoms with van der Waals surface area (Å²) < 4.78 is 27.9. The van der Waals surface area contributed by atoms with Gasteiger partial charge in [-0.25, -0.2) is 8.42 Å². The molecule has 0 spiro atoms. The largest absolute Gasteiger partial charge is 0.494 e. The predicted molar refractivity (Wildman–Crippen MR) is 76.2 cm³/mol. The van der Waals surface area contributed by atoms with Crippen LogP contribution >= 0.6 is 10.7 Å². The molecule has 7 heteroatoms. The molecule has 0 aromatic heterocycles. The molecular weight excluding hydrogens is 302 g/mol. The first-order chi connectivity index (χ1) is 9.40. The minimum atomic E-state index is -3.68. The van der Waals surface area contributed by atoms with Crippen LogP contribution in [0.3, 0.4) is 0 Å². The molecule has 1 saturated heterocycles. The van der Waals surface area contributed by atoms with Crippen LogP contribution in [0.2, 0.25) is 0 Å². The van der Waals surface area contributed by atoms with E-state index in [1.807, 2.05) is 31.2 Å². The van der Waals surface area contributed by atoms with E-state index in [0.29, 0.717) is 13.2 Å². The maximum atomic E-state index is 11.8. The van der Waals surface area contributed by atoms with Crippen molar-refractivity contribution in [2.24, 2.45) is 0 Å². The lowest BCUT2D eigenvalue weighted by atomic mass is 10.2. The van der Waals surface area contributed by atoms with Crippen molar-refractivity contribution in [3.8, 4) is 5.75 Å². The predicted octanol–water partition coefficient (Wildman–Crippen LogP) is 1.75. The highest BCUT2D eigenvalue weighted by molar-refractivity contribution is 8.14. The van der Waals surface area contributed by atoms with E-state index >= 15 is 0 Å². The van der Waals surface area contributed by atoms with Gasteiger partial charge < -0.3 is 9.64 Å². The summed E-state index contributed by atoms with van der Waals surface area (Å²) in [5, 5.41) is -0.806. The summed E-state index contributed by atoms with van der Waals surface area (Å²) in [4.78, 5) is 13.3. The first kappa shape index (κ1) is 15.1. The quantitative estimate of drug-likeness (QED) is 0.776. The summed E-state index contributed by atoms with van der Waals surface area (Å²) >= 11 is 0. The van der Waals surface area contributed by atoms with Gasteiger partial charge in [0.25, 0.3) is 0 Å². The first-order valence-electron chi connectivity index (χ1n) is 6.33. The van der Waals surface area contributed by atoms with Gasteiger partial charge in [-0.15, -0.1) is 0 Å². The third-order valence-corrected chi connectivity index (χ3v) is 5.05. The summed E-state index contributed by atoms with van der Waals surface area (Å²) in [6.07, 6.45) is -0.0388. The van der Waals surface area contributed by atoms with E-state index in [2.05, 4.69) is 0 Å². The summed E-state index contributed by atoms with van der Waals surface area (Å²) in [6.45, 7) is 3.04. The number of rotatable bonds is 5. The van der Waals surface area contributed by atoms with Gasteiger partial charge in [0.15, 0.2) is 0 Å². The maximum Gasteiger partial charge on any atom is 0.237 e. The van der Waals surface area contributed by atoms with Crippen molar-refractivity contribution in [2.75, 3.05) is 13.2 Å². The van der Waals surface area contributed by atoms with Crippen LogP contribution in [-0.2, 0) is 20.4 Å². The first-order valence-corrected chi connectivity index (χ1v) is 8.70. The third kappa shape index (κ3) is 3.64. The fourth-order valence-corrected chi connectivity index (χ4v) is 3.21. The Morgan fingerprint density at radius 2 is 2.00 bits per heavy atom. The van der Waals surface area contributed by atoms with Gasteiger partial charge in [-0.2, -0.15) is 0 Å². The Kier molecular flexibility index (Phi) is 4.55. The third-order valence-electron chi connectivity index (χ3n) is 3.18. The van der Waals surface area contributed by atoms with Crippen molar-refractivity contribution in [2.45, 2.75) is 25.1 Å². The van der Waals surface area contributed by atoms with Crippen molar-refractivity contribution in [1.29, 1.82) is 0 Å². The number of hydrogen-bond donors (Lipinski definition) is 0. The van der Waals surface area contributed by atoms with Crippen LogP contribution in [-0.4, -0.2) is 37.6 Å². The lowest BCUT2D eigenvalue weighted by Gasteiger charge is -2.16. The molecule has 1 unspecified atom stereocenters. The Morgan fingerprint density at radius 1 is 1.35 bits per heavy atom. The second-order valence-corrected chi connectivity index (χ2v) is 7.56. The van der Waals surface area contributed by atoms with E-state index in [0.717, 1.165) is 11.3 Å². The standard InChI is InChI=1S/C13H16ClNO4S/c1-2-19-11-5-3-10(4-6-11)8-15-9-12(7-13(15)16)20(14,17)18/h3-6,12H,2,7-9H2,1H3. The molecule has 5 nitrogen and oxygen atoms in total. The topological polar surface area (TPSA) is 63.7 Å². The second-order valence-electron chi connectivity index (χ2n) is 4.65. The van der Waals surface area contributed by atoms with Crippen molar-refractivity contribution >= 4 is 25.6 Å². The van der Waals surface area contributed by atoms with Gasteiger partial charge in [-0.1, -0.05) is 12.1 Å². The minimum Gasteiger partial charge on any atom is -0.494 e. The van der Waals surface area contributed by atoms with E-state index in [9.17, 15) is 13.2 Å². The number of nitrogens with zero attached hydrogens (tertiary/aromatic N) is 1. The van der Waals surface area contributed by atoms with Gasteiger partial charge >= 0.3 is 0 Å². The summed E-state index contributed by atoms with van der Waals surface area (Å²) in [5.41, 5.74) is 0.925. The minimum absolute atomic E-state index is 0.0388. The molecule has 1 heterocycles. The fourth-order valence-electron chi connectivity index (χ4n) is 2.16. The van der Waals surface area contributed by atoms with Gasteiger partial charge in [-0.05, 0) is 24.6 Å². The maximum absolute atomic E-state index is 11.8. The summed E-state index contributed by atoms with van der Waals surface area (Å²) in [5.74, 6) is 0.582. The Labute approximate surface area is 122 Å². The molecular formula is C13H16ClNO4S. The number of halogens is 1.